The second kappa shape index (κ2) is 6.92. The second-order valence-corrected chi connectivity index (χ2v) is 4.02. The molecule has 4 heteroatoms. The highest BCUT2D eigenvalue weighted by molar-refractivity contribution is 7.07. The van der Waals surface area contributed by atoms with Crippen molar-refractivity contribution in [2.45, 2.75) is 32.4 Å². The molecule has 0 amide bonds. The standard InChI is InChI=1S/C10H18N2OS/c1-3-4-9(6-13-2)11-5-10-7-14-8-12-10/h7-9,11H,3-6H2,1-2H3. The van der Waals surface area contributed by atoms with Crippen molar-refractivity contribution in [3.8, 4) is 0 Å². The summed E-state index contributed by atoms with van der Waals surface area (Å²) in [7, 11) is 1.74. The van der Waals surface area contributed by atoms with Crippen molar-refractivity contribution in [1.29, 1.82) is 0 Å². The van der Waals surface area contributed by atoms with Crippen LogP contribution in [0.4, 0.5) is 0 Å². The molecule has 3 nitrogen and oxygen atoms in total. The molecule has 0 aliphatic rings. The van der Waals surface area contributed by atoms with E-state index in [1.54, 1.807) is 18.4 Å². The molecule has 0 aromatic carbocycles. The summed E-state index contributed by atoms with van der Waals surface area (Å²) in [6, 6.07) is 0.451. The van der Waals surface area contributed by atoms with Gasteiger partial charge in [0.05, 0.1) is 17.8 Å². The fourth-order valence-electron chi connectivity index (χ4n) is 1.37. The minimum absolute atomic E-state index is 0.451. The molecule has 1 aromatic heterocycles. The Hall–Kier alpha value is -0.450. The normalized spacial score (nSPS) is 13.0. The van der Waals surface area contributed by atoms with Gasteiger partial charge in [0.25, 0.3) is 0 Å². The lowest BCUT2D eigenvalue weighted by Crippen LogP contribution is -2.32. The maximum atomic E-state index is 5.15. The van der Waals surface area contributed by atoms with Gasteiger partial charge >= 0.3 is 0 Å². The minimum Gasteiger partial charge on any atom is -0.383 e. The Bertz CT molecular complexity index is 220. The maximum absolute atomic E-state index is 5.15. The molecular formula is C10H18N2OS. The van der Waals surface area contributed by atoms with E-state index in [0.29, 0.717) is 6.04 Å². The van der Waals surface area contributed by atoms with Gasteiger partial charge in [0.1, 0.15) is 0 Å². The number of aromatic nitrogens is 1. The van der Waals surface area contributed by atoms with Crippen LogP contribution in [0.3, 0.4) is 0 Å². The van der Waals surface area contributed by atoms with Crippen molar-refractivity contribution in [1.82, 2.24) is 10.3 Å². The molecule has 1 aromatic rings. The van der Waals surface area contributed by atoms with Crippen LogP contribution < -0.4 is 5.32 Å². The van der Waals surface area contributed by atoms with Gasteiger partial charge in [0.15, 0.2) is 0 Å². The van der Waals surface area contributed by atoms with Crippen LogP contribution in [-0.4, -0.2) is 24.7 Å². The SMILES string of the molecule is CCCC(COC)NCc1cscn1. The lowest BCUT2D eigenvalue weighted by Gasteiger charge is -2.16. The molecule has 1 heterocycles. The van der Waals surface area contributed by atoms with Gasteiger partial charge < -0.3 is 10.1 Å². The molecule has 0 aliphatic carbocycles. The summed E-state index contributed by atoms with van der Waals surface area (Å²) < 4.78 is 5.15. The van der Waals surface area contributed by atoms with E-state index >= 15 is 0 Å². The summed E-state index contributed by atoms with van der Waals surface area (Å²) >= 11 is 1.64. The van der Waals surface area contributed by atoms with E-state index in [2.05, 4.69) is 22.6 Å². The average molecular weight is 214 g/mol. The first-order valence-corrected chi connectivity index (χ1v) is 5.90. The van der Waals surface area contributed by atoms with Crippen LogP contribution in [0, 0.1) is 0 Å². The predicted octanol–water partition coefficient (Wildman–Crippen LogP) is 2.05. The minimum atomic E-state index is 0.451. The smallest absolute Gasteiger partial charge is 0.0795 e. The molecule has 0 fully saturated rings. The number of nitrogens with zero attached hydrogens (tertiary/aromatic N) is 1. The van der Waals surface area contributed by atoms with E-state index in [0.717, 1.165) is 25.3 Å². The summed E-state index contributed by atoms with van der Waals surface area (Å²) in [5.74, 6) is 0. The van der Waals surface area contributed by atoms with Crippen LogP contribution >= 0.6 is 11.3 Å². The molecule has 1 atom stereocenters. The predicted molar refractivity (Wildman–Crippen MR) is 59.5 cm³/mol. The Morgan fingerprint density at radius 2 is 2.50 bits per heavy atom. The molecule has 0 saturated heterocycles. The zero-order chi connectivity index (χ0) is 10.2. The Morgan fingerprint density at radius 3 is 3.07 bits per heavy atom. The molecule has 14 heavy (non-hydrogen) atoms. The summed E-state index contributed by atoms with van der Waals surface area (Å²) in [6.07, 6.45) is 2.33. The topological polar surface area (TPSA) is 34.1 Å². The number of ether oxygens (including phenoxy) is 1. The van der Waals surface area contributed by atoms with Gasteiger partial charge in [-0.1, -0.05) is 13.3 Å². The first kappa shape index (κ1) is 11.6. The first-order valence-electron chi connectivity index (χ1n) is 4.96. The second-order valence-electron chi connectivity index (χ2n) is 3.30. The zero-order valence-electron chi connectivity index (χ0n) is 8.82. The van der Waals surface area contributed by atoms with Gasteiger partial charge in [-0.15, -0.1) is 11.3 Å². The monoisotopic (exact) mass is 214 g/mol. The molecule has 1 N–H and O–H groups in total. The quantitative estimate of drug-likeness (QED) is 0.754. The lowest BCUT2D eigenvalue weighted by atomic mass is 10.2. The highest BCUT2D eigenvalue weighted by atomic mass is 32.1. The highest BCUT2D eigenvalue weighted by Crippen LogP contribution is 2.03. The van der Waals surface area contributed by atoms with Crippen LogP contribution in [0.5, 0.6) is 0 Å². The van der Waals surface area contributed by atoms with Crippen molar-refractivity contribution in [2.24, 2.45) is 0 Å². The van der Waals surface area contributed by atoms with Crippen LogP contribution in [0.15, 0.2) is 10.9 Å². The van der Waals surface area contributed by atoms with E-state index in [9.17, 15) is 0 Å². The number of thiazole rings is 1. The van der Waals surface area contributed by atoms with E-state index < -0.39 is 0 Å². The summed E-state index contributed by atoms with van der Waals surface area (Å²) in [5, 5.41) is 5.52. The molecule has 0 aliphatic heterocycles. The molecular weight excluding hydrogens is 196 g/mol. The molecule has 80 valence electrons. The van der Waals surface area contributed by atoms with E-state index in [4.69, 9.17) is 4.74 Å². The van der Waals surface area contributed by atoms with Crippen LogP contribution in [0.2, 0.25) is 0 Å². The largest absolute Gasteiger partial charge is 0.383 e. The zero-order valence-corrected chi connectivity index (χ0v) is 9.64. The third-order valence-electron chi connectivity index (χ3n) is 2.06. The fourth-order valence-corrected chi connectivity index (χ4v) is 1.93. The molecule has 0 bridgehead atoms. The summed E-state index contributed by atoms with van der Waals surface area (Å²) in [6.45, 7) is 3.81. The third-order valence-corrected chi connectivity index (χ3v) is 2.70. The Labute approximate surface area is 89.5 Å². The molecule has 0 spiro atoms. The van der Waals surface area contributed by atoms with Gasteiger partial charge in [-0.25, -0.2) is 4.98 Å². The van der Waals surface area contributed by atoms with E-state index in [1.807, 2.05) is 5.51 Å². The van der Waals surface area contributed by atoms with Crippen LogP contribution in [0.25, 0.3) is 0 Å². The molecule has 1 unspecified atom stereocenters. The van der Waals surface area contributed by atoms with Crippen molar-refractivity contribution < 1.29 is 4.74 Å². The molecule has 0 saturated carbocycles. The van der Waals surface area contributed by atoms with Crippen molar-refractivity contribution in [2.75, 3.05) is 13.7 Å². The van der Waals surface area contributed by atoms with Crippen LogP contribution in [-0.2, 0) is 11.3 Å². The van der Waals surface area contributed by atoms with E-state index in [-0.39, 0.29) is 0 Å². The molecule has 0 radical (unpaired) electrons. The Morgan fingerprint density at radius 1 is 1.64 bits per heavy atom. The van der Waals surface area contributed by atoms with Gasteiger partial charge in [-0.05, 0) is 6.42 Å². The average Bonchev–Trinajstić information content (AvgIpc) is 2.67. The van der Waals surface area contributed by atoms with Crippen LogP contribution in [0.1, 0.15) is 25.5 Å². The maximum Gasteiger partial charge on any atom is 0.0795 e. The van der Waals surface area contributed by atoms with Gasteiger partial charge in [-0.2, -0.15) is 0 Å². The lowest BCUT2D eigenvalue weighted by molar-refractivity contribution is 0.161. The highest BCUT2D eigenvalue weighted by Gasteiger charge is 2.06. The molecule has 1 rings (SSSR count). The first-order chi connectivity index (χ1) is 6.86. The van der Waals surface area contributed by atoms with Gasteiger partial charge in [0, 0.05) is 25.1 Å². The Kier molecular flexibility index (Phi) is 5.75. The number of rotatable bonds is 7. The van der Waals surface area contributed by atoms with Gasteiger partial charge in [0.2, 0.25) is 0 Å². The van der Waals surface area contributed by atoms with Crippen molar-refractivity contribution in [3.63, 3.8) is 0 Å². The number of methoxy groups -OCH3 is 1. The fraction of sp³-hybridized carbons (Fsp3) is 0.700. The third kappa shape index (κ3) is 4.17. The van der Waals surface area contributed by atoms with E-state index in [1.165, 1.54) is 6.42 Å². The Balaban J connectivity index is 2.25. The van der Waals surface area contributed by atoms with Crippen molar-refractivity contribution >= 4 is 11.3 Å². The summed E-state index contributed by atoms with van der Waals surface area (Å²) in [5.41, 5.74) is 2.98. The number of hydrogen-bond donors (Lipinski definition) is 1. The van der Waals surface area contributed by atoms with Gasteiger partial charge in [-0.3, -0.25) is 0 Å². The summed E-state index contributed by atoms with van der Waals surface area (Å²) in [4.78, 5) is 4.22. The van der Waals surface area contributed by atoms with Crippen molar-refractivity contribution in [3.05, 3.63) is 16.6 Å². The number of nitrogens with one attached hydrogen (secondary N) is 1. The number of hydrogen-bond acceptors (Lipinski definition) is 4.